The Kier molecular flexibility index (Phi) is 9.31. The van der Waals surface area contributed by atoms with Gasteiger partial charge >= 0.3 is 0 Å². The Morgan fingerprint density at radius 3 is 2.59 bits per heavy atom. The number of pyridine rings is 1. The van der Waals surface area contributed by atoms with Gasteiger partial charge in [-0.15, -0.1) is 0 Å². The Bertz CT molecular complexity index is 1010. The van der Waals surface area contributed by atoms with E-state index in [-0.39, 0.29) is 5.91 Å². The molecule has 3 rings (SSSR count). The number of halogens is 1. The largest absolute Gasteiger partial charge is 0.356 e. The smallest absolute Gasteiger partial charge is 0.251 e. The molecular formula is C24H28ClN5OS. The number of aromatic nitrogens is 3. The Morgan fingerprint density at radius 2 is 1.88 bits per heavy atom. The van der Waals surface area contributed by atoms with E-state index in [1.165, 1.54) is 11.8 Å². The Hall–Kier alpha value is -2.64. The van der Waals surface area contributed by atoms with E-state index in [4.69, 9.17) is 16.6 Å². The average molecular weight is 470 g/mol. The van der Waals surface area contributed by atoms with Crippen molar-refractivity contribution in [3.05, 3.63) is 76.7 Å². The van der Waals surface area contributed by atoms with Gasteiger partial charge in [-0.05, 0) is 42.7 Å². The molecule has 32 heavy (non-hydrogen) atoms. The maximum absolute atomic E-state index is 12.5. The summed E-state index contributed by atoms with van der Waals surface area (Å²) in [5, 5.41) is 3.99. The summed E-state index contributed by atoms with van der Waals surface area (Å²) in [4.78, 5) is 28.1. The molecule has 8 heteroatoms. The van der Waals surface area contributed by atoms with Crippen molar-refractivity contribution < 1.29 is 4.79 Å². The molecule has 3 aromatic rings. The average Bonchev–Trinajstić information content (AvgIpc) is 2.81. The maximum Gasteiger partial charge on any atom is 0.251 e. The molecule has 1 aromatic carbocycles. The number of benzene rings is 1. The first-order valence-electron chi connectivity index (χ1n) is 10.8. The fourth-order valence-electron chi connectivity index (χ4n) is 3.22. The van der Waals surface area contributed by atoms with Gasteiger partial charge in [0.2, 0.25) is 0 Å². The number of hydrogen-bond acceptors (Lipinski definition) is 6. The van der Waals surface area contributed by atoms with Crippen LogP contribution in [0.2, 0.25) is 5.15 Å². The second kappa shape index (κ2) is 12.4. The van der Waals surface area contributed by atoms with Gasteiger partial charge in [0.15, 0.2) is 5.16 Å². The SMILES string of the molecule is CCCN(CCC)c1cc(Cl)nc(SCc2cccc(C(=O)NCc3ccccn3)c2)n1. The lowest BCUT2D eigenvalue weighted by molar-refractivity contribution is 0.0950. The molecule has 0 aliphatic rings. The predicted molar refractivity (Wildman–Crippen MR) is 131 cm³/mol. The number of thioether (sulfide) groups is 1. The van der Waals surface area contributed by atoms with Gasteiger partial charge in [0.1, 0.15) is 11.0 Å². The summed E-state index contributed by atoms with van der Waals surface area (Å²) >= 11 is 7.79. The van der Waals surface area contributed by atoms with E-state index in [9.17, 15) is 4.79 Å². The van der Waals surface area contributed by atoms with Crippen LogP contribution in [-0.4, -0.2) is 33.9 Å². The van der Waals surface area contributed by atoms with E-state index in [0.29, 0.717) is 28.2 Å². The topological polar surface area (TPSA) is 71.0 Å². The van der Waals surface area contributed by atoms with Crippen LogP contribution >= 0.6 is 23.4 Å². The van der Waals surface area contributed by atoms with Crippen molar-refractivity contribution in [2.24, 2.45) is 0 Å². The lowest BCUT2D eigenvalue weighted by Gasteiger charge is -2.22. The van der Waals surface area contributed by atoms with Gasteiger partial charge in [-0.25, -0.2) is 9.97 Å². The van der Waals surface area contributed by atoms with Crippen molar-refractivity contribution in [2.45, 2.75) is 44.1 Å². The van der Waals surface area contributed by atoms with Gasteiger partial charge in [-0.1, -0.05) is 55.4 Å². The third kappa shape index (κ3) is 7.21. The summed E-state index contributed by atoms with van der Waals surface area (Å²) in [5.41, 5.74) is 2.45. The maximum atomic E-state index is 12.5. The van der Waals surface area contributed by atoms with Crippen molar-refractivity contribution in [1.82, 2.24) is 20.3 Å². The van der Waals surface area contributed by atoms with Crippen LogP contribution in [-0.2, 0) is 12.3 Å². The summed E-state index contributed by atoms with van der Waals surface area (Å²) < 4.78 is 0. The van der Waals surface area contributed by atoms with Gasteiger partial charge in [-0.3, -0.25) is 9.78 Å². The van der Waals surface area contributed by atoms with Gasteiger partial charge in [0.25, 0.3) is 5.91 Å². The molecule has 0 fully saturated rings. The van der Waals surface area contributed by atoms with Gasteiger partial charge < -0.3 is 10.2 Å². The van der Waals surface area contributed by atoms with Gasteiger partial charge in [0, 0.05) is 36.7 Å². The highest BCUT2D eigenvalue weighted by atomic mass is 35.5. The summed E-state index contributed by atoms with van der Waals surface area (Å²) in [5.74, 6) is 1.38. The van der Waals surface area contributed by atoms with Crippen LogP contribution < -0.4 is 10.2 Å². The van der Waals surface area contributed by atoms with E-state index in [0.717, 1.165) is 43.0 Å². The lowest BCUT2D eigenvalue weighted by Crippen LogP contribution is -2.26. The highest BCUT2D eigenvalue weighted by molar-refractivity contribution is 7.98. The molecule has 0 spiro atoms. The van der Waals surface area contributed by atoms with Gasteiger partial charge in [-0.2, -0.15) is 0 Å². The Balaban J connectivity index is 1.64. The Morgan fingerprint density at radius 1 is 1.06 bits per heavy atom. The summed E-state index contributed by atoms with van der Waals surface area (Å²) in [6, 6.07) is 15.0. The molecule has 2 heterocycles. The number of hydrogen-bond donors (Lipinski definition) is 1. The van der Waals surface area contributed by atoms with Crippen LogP contribution in [0.4, 0.5) is 5.82 Å². The number of amides is 1. The molecule has 0 aliphatic carbocycles. The molecule has 1 amide bonds. The van der Waals surface area contributed by atoms with E-state index in [1.807, 2.05) is 48.5 Å². The van der Waals surface area contributed by atoms with Crippen LogP contribution in [0.1, 0.15) is 48.3 Å². The first-order chi connectivity index (χ1) is 15.6. The standard InChI is InChI=1S/C24H28ClN5OS/c1-3-12-30(13-4-2)22-15-21(25)28-24(29-22)32-17-18-8-7-9-19(14-18)23(31)27-16-20-10-5-6-11-26-20/h5-11,14-15H,3-4,12-13,16-17H2,1-2H3,(H,27,31). The first kappa shape index (κ1) is 24.0. The minimum absolute atomic E-state index is 0.126. The molecule has 0 bridgehead atoms. The molecule has 1 N–H and O–H groups in total. The number of carbonyl (C=O) groups is 1. The molecule has 0 aliphatic heterocycles. The van der Waals surface area contributed by atoms with Crippen molar-refractivity contribution in [1.29, 1.82) is 0 Å². The Labute approximate surface area is 198 Å². The zero-order valence-electron chi connectivity index (χ0n) is 18.4. The summed E-state index contributed by atoms with van der Waals surface area (Å²) in [6.07, 6.45) is 3.80. The van der Waals surface area contributed by atoms with Crippen LogP contribution in [0.15, 0.2) is 59.9 Å². The molecule has 0 radical (unpaired) electrons. The molecule has 0 atom stereocenters. The number of nitrogens with one attached hydrogen (secondary N) is 1. The van der Waals surface area contributed by atoms with Crippen molar-refractivity contribution in [3.8, 4) is 0 Å². The number of nitrogens with zero attached hydrogens (tertiary/aromatic N) is 4. The number of rotatable bonds is 11. The fraction of sp³-hybridized carbons (Fsp3) is 0.333. The second-order valence-corrected chi connectivity index (χ2v) is 8.64. The molecule has 0 saturated heterocycles. The second-order valence-electron chi connectivity index (χ2n) is 7.31. The molecule has 168 valence electrons. The first-order valence-corrected chi connectivity index (χ1v) is 12.1. The van der Waals surface area contributed by atoms with Crippen LogP contribution in [0, 0.1) is 0 Å². The van der Waals surface area contributed by atoms with Crippen molar-refractivity contribution in [3.63, 3.8) is 0 Å². The van der Waals surface area contributed by atoms with Gasteiger partial charge in [0.05, 0.1) is 12.2 Å². The quantitative estimate of drug-likeness (QED) is 0.231. The highest BCUT2D eigenvalue weighted by Gasteiger charge is 2.12. The molecule has 2 aromatic heterocycles. The van der Waals surface area contributed by atoms with E-state index in [2.05, 4.69) is 34.0 Å². The molecule has 6 nitrogen and oxygen atoms in total. The molecule has 0 unspecified atom stereocenters. The third-order valence-electron chi connectivity index (χ3n) is 4.69. The minimum Gasteiger partial charge on any atom is -0.356 e. The van der Waals surface area contributed by atoms with E-state index in [1.54, 1.807) is 6.20 Å². The zero-order chi connectivity index (χ0) is 22.8. The van der Waals surface area contributed by atoms with Crippen molar-refractivity contribution in [2.75, 3.05) is 18.0 Å². The normalized spacial score (nSPS) is 10.7. The summed E-state index contributed by atoms with van der Waals surface area (Å²) in [6.45, 7) is 6.56. The number of carbonyl (C=O) groups excluding carboxylic acids is 1. The zero-order valence-corrected chi connectivity index (χ0v) is 20.0. The van der Waals surface area contributed by atoms with Crippen LogP contribution in [0.5, 0.6) is 0 Å². The lowest BCUT2D eigenvalue weighted by atomic mass is 10.1. The van der Waals surface area contributed by atoms with Crippen molar-refractivity contribution >= 4 is 35.1 Å². The summed E-state index contributed by atoms with van der Waals surface area (Å²) in [7, 11) is 0. The van der Waals surface area contributed by atoms with E-state index >= 15 is 0 Å². The minimum atomic E-state index is -0.126. The molecular weight excluding hydrogens is 442 g/mol. The van der Waals surface area contributed by atoms with Crippen LogP contribution in [0.25, 0.3) is 0 Å². The van der Waals surface area contributed by atoms with Crippen LogP contribution in [0.3, 0.4) is 0 Å². The third-order valence-corrected chi connectivity index (χ3v) is 5.80. The predicted octanol–water partition coefficient (Wildman–Crippen LogP) is 5.37. The molecule has 0 saturated carbocycles. The fourth-order valence-corrected chi connectivity index (χ4v) is 4.24. The highest BCUT2D eigenvalue weighted by Crippen LogP contribution is 2.25. The monoisotopic (exact) mass is 469 g/mol. The van der Waals surface area contributed by atoms with E-state index < -0.39 is 0 Å². The number of anilines is 1.